The number of hydrogen-bond donors (Lipinski definition) is 0. The molecule has 0 radical (unpaired) electrons. The normalized spacial score (nSPS) is 9.21. The third-order valence-corrected chi connectivity index (χ3v) is 1.73. The Morgan fingerprint density at radius 1 is 1.36 bits per heavy atom. The second-order valence-electron chi connectivity index (χ2n) is 2.93. The average molecular weight is 188 g/mol. The Labute approximate surface area is 83.5 Å². The van der Waals surface area contributed by atoms with Crippen LogP contribution in [-0.4, -0.2) is 5.97 Å². The smallest absolute Gasteiger partial charge is 0.335 e. The monoisotopic (exact) mass is 188 g/mol. The van der Waals surface area contributed by atoms with E-state index in [4.69, 9.17) is 4.74 Å². The van der Waals surface area contributed by atoms with Gasteiger partial charge in [0.2, 0.25) is 0 Å². The van der Waals surface area contributed by atoms with Crippen LogP contribution in [0.2, 0.25) is 0 Å². The summed E-state index contributed by atoms with van der Waals surface area (Å²) in [4.78, 5) is 10.8. The molecule has 1 aromatic rings. The molecule has 1 aromatic carbocycles. The van der Waals surface area contributed by atoms with Gasteiger partial charge in [0.25, 0.3) is 0 Å². The average Bonchev–Trinajstić information content (AvgIpc) is 2.18. The Balaban J connectivity index is 2.78. The van der Waals surface area contributed by atoms with E-state index >= 15 is 0 Å². The zero-order valence-corrected chi connectivity index (χ0v) is 8.12. The minimum absolute atomic E-state index is 0.451. The lowest BCUT2D eigenvalue weighted by Crippen LogP contribution is -2.02. The molecule has 0 aliphatic carbocycles. The fraction of sp³-hybridized carbons (Fsp3) is 0.0833. The summed E-state index contributed by atoms with van der Waals surface area (Å²) in [5.74, 6) is 0.0629. The Morgan fingerprint density at radius 2 is 1.93 bits per heavy atom. The van der Waals surface area contributed by atoms with Gasteiger partial charge >= 0.3 is 5.97 Å². The lowest BCUT2D eigenvalue weighted by atomic mass is 10.1. The highest BCUT2D eigenvalue weighted by molar-refractivity contribution is 5.83. The molecule has 0 amide bonds. The zero-order chi connectivity index (χ0) is 10.6. The minimum atomic E-state index is -0.451. The summed E-state index contributed by atoms with van der Waals surface area (Å²) in [6.07, 6.45) is 1.13. The van der Waals surface area contributed by atoms with Crippen molar-refractivity contribution in [2.45, 2.75) is 6.92 Å². The second-order valence-corrected chi connectivity index (χ2v) is 2.93. The lowest BCUT2D eigenvalue weighted by molar-refractivity contribution is -0.128. The van der Waals surface area contributed by atoms with Crippen LogP contribution in [0, 0.1) is 0 Å². The zero-order valence-electron chi connectivity index (χ0n) is 8.12. The summed E-state index contributed by atoms with van der Waals surface area (Å²) in [5.41, 5.74) is 2.01. The summed E-state index contributed by atoms with van der Waals surface area (Å²) < 4.78 is 4.91. The van der Waals surface area contributed by atoms with Crippen LogP contribution in [0.15, 0.2) is 43.5 Å². The lowest BCUT2D eigenvalue weighted by Gasteiger charge is -2.02. The molecule has 0 unspecified atom stereocenters. The maximum absolute atomic E-state index is 10.8. The van der Waals surface area contributed by atoms with Crippen LogP contribution in [0.25, 0.3) is 5.57 Å². The Hall–Kier alpha value is -1.83. The van der Waals surface area contributed by atoms with E-state index in [0.29, 0.717) is 5.75 Å². The third-order valence-electron chi connectivity index (χ3n) is 1.73. The summed E-state index contributed by atoms with van der Waals surface area (Å²) >= 11 is 0. The number of ether oxygens (including phenoxy) is 1. The van der Waals surface area contributed by atoms with E-state index in [1.165, 1.54) is 0 Å². The number of allylic oxidation sites excluding steroid dienone is 1. The molecular weight excluding hydrogens is 176 g/mol. The van der Waals surface area contributed by atoms with Gasteiger partial charge in [0.15, 0.2) is 0 Å². The van der Waals surface area contributed by atoms with Gasteiger partial charge in [0, 0.05) is 6.08 Å². The van der Waals surface area contributed by atoms with E-state index in [9.17, 15) is 4.79 Å². The highest BCUT2D eigenvalue weighted by Crippen LogP contribution is 2.16. The molecule has 0 spiro atoms. The number of esters is 1. The first kappa shape index (κ1) is 10.3. The molecule has 0 saturated heterocycles. The molecule has 1 rings (SSSR count). The highest BCUT2D eigenvalue weighted by atomic mass is 16.5. The molecule has 0 heterocycles. The van der Waals surface area contributed by atoms with Gasteiger partial charge in [-0.05, 0) is 24.6 Å². The summed E-state index contributed by atoms with van der Waals surface area (Å²) in [6, 6.07) is 7.17. The van der Waals surface area contributed by atoms with Crippen molar-refractivity contribution in [1.82, 2.24) is 0 Å². The predicted molar refractivity (Wildman–Crippen MR) is 57.0 cm³/mol. The fourth-order valence-corrected chi connectivity index (χ4v) is 0.965. The first-order chi connectivity index (χ1) is 6.63. The first-order valence-corrected chi connectivity index (χ1v) is 4.23. The largest absolute Gasteiger partial charge is 0.423 e. The molecule has 0 aromatic heterocycles. The van der Waals surface area contributed by atoms with Gasteiger partial charge < -0.3 is 4.74 Å². The van der Waals surface area contributed by atoms with Gasteiger partial charge in [-0.25, -0.2) is 4.79 Å². The van der Waals surface area contributed by atoms with Crippen LogP contribution >= 0.6 is 0 Å². The summed E-state index contributed by atoms with van der Waals surface area (Å²) in [6.45, 7) is 9.04. The molecule has 2 heteroatoms. The molecule has 72 valence electrons. The van der Waals surface area contributed by atoms with Crippen LogP contribution in [0.1, 0.15) is 12.5 Å². The Kier molecular flexibility index (Phi) is 3.24. The molecule has 0 saturated carbocycles. The van der Waals surface area contributed by atoms with Crippen LogP contribution in [-0.2, 0) is 4.79 Å². The molecule has 0 atom stereocenters. The maximum Gasteiger partial charge on any atom is 0.335 e. The topological polar surface area (TPSA) is 26.3 Å². The highest BCUT2D eigenvalue weighted by Gasteiger charge is 1.99. The number of carbonyl (C=O) groups is 1. The molecule has 0 N–H and O–H groups in total. The van der Waals surface area contributed by atoms with Gasteiger partial charge in [0.1, 0.15) is 5.75 Å². The van der Waals surface area contributed by atoms with E-state index in [-0.39, 0.29) is 0 Å². The second kappa shape index (κ2) is 4.42. The van der Waals surface area contributed by atoms with Gasteiger partial charge in [0.05, 0.1) is 0 Å². The van der Waals surface area contributed by atoms with Crippen LogP contribution in [0.5, 0.6) is 5.75 Å². The van der Waals surface area contributed by atoms with Crippen molar-refractivity contribution in [2.24, 2.45) is 0 Å². The van der Waals surface area contributed by atoms with E-state index < -0.39 is 5.97 Å². The summed E-state index contributed by atoms with van der Waals surface area (Å²) in [5, 5.41) is 0. The van der Waals surface area contributed by atoms with E-state index in [0.717, 1.165) is 17.2 Å². The van der Waals surface area contributed by atoms with Crippen molar-refractivity contribution >= 4 is 11.5 Å². The van der Waals surface area contributed by atoms with Gasteiger partial charge in [-0.3, -0.25) is 0 Å². The van der Waals surface area contributed by atoms with Crippen LogP contribution < -0.4 is 4.74 Å². The third kappa shape index (κ3) is 2.59. The molecule has 0 aliphatic heterocycles. The van der Waals surface area contributed by atoms with Gasteiger partial charge in [-0.15, -0.1) is 0 Å². The number of hydrogen-bond acceptors (Lipinski definition) is 2. The fourth-order valence-electron chi connectivity index (χ4n) is 0.965. The van der Waals surface area contributed by atoms with E-state index in [1.54, 1.807) is 12.1 Å². The van der Waals surface area contributed by atoms with E-state index in [2.05, 4.69) is 13.2 Å². The summed E-state index contributed by atoms with van der Waals surface area (Å²) in [7, 11) is 0. The van der Waals surface area contributed by atoms with E-state index in [1.807, 2.05) is 19.1 Å². The maximum atomic E-state index is 10.8. The first-order valence-electron chi connectivity index (χ1n) is 4.23. The molecule has 14 heavy (non-hydrogen) atoms. The van der Waals surface area contributed by atoms with Crippen molar-refractivity contribution in [1.29, 1.82) is 0 Å². The molecule has 2 nitrogen and oxygen atoms in total. The molecule has 0 fully saturated rings. The SMILES string of the molecule is C=CC(=O)Oc1ccc(C(=C)C)cc1. The van der Waals surface area contributed by atoms with Crippen molar-refractivity contribution in [3.63, 3.8) is 0 Å². The predicted octanol–water partition coefficient (Wildman–Crippen LogP) is 2.81. The van der Waals surface area contributed by atoms with Gasteiger partial charge in [-0.1, -0.05) is 30.9 Å². The Morgan fingerprint density at radius 3 is 2.36 bits per heavy atom. The van der Waals surface area contributed by atoms with Crippen molar-refractivity contribution in [2.75, 3.05) is 0 Å². The van der Waals surface area contributed by atoms with Crippen LogP contribution in [0.3, 0.4) is 0 Å². The van der Waals surface area contributed by atoms with Crippen molar-refractivity contribution in [3.05, 3.63) is 49.1 Å². The van der Waals surface area contributed by atoms with Crippen molar-refractivity contribution < 1.29 is 9.53 Å². The Bertz CT molecular complexity index is 360. The molecule has 0 aliphatic rings. The minimum Gasteiger partial charge on any atom is -0.423 e. The van der Waals surface area contributed by atoms with Gasteiger partial charge in [-0.2, -0.15) is 0 Å². The standard InChI is InChI=1S/C12H12O2/c1-4-12(13)14-11-7-5-10(6-8-11)9(2)3/h4-8H,1-2H2,3H3. The molecule has 0 bridgehead atoms. The van der Waals surface area contributed by atoms with Crippen LogP contribution in [0.4, 0.5) is 0 Å². The van der Waals surface area contributed by atoms with Crippen molar-refractivity contribution in [3.8, 4) is 5.75 Å². The molecular formula is C12H12O2. The number of rotatable bonds is 3. The number of benzene rings is 1. The number of carbonyl (C=O) groups excluding carboxylic acids is 1. The quantitative estimate of drug-likeness (QED) is 0.414.